The van der Waals surface area contributed by atoms with E-state index in [1.54, 1.807) is 0 Å². The third-order valence-corrected chi connectivity index (χ3v) is 4.03. The molecule has 0 heterocycles. The summed E-state index contributed by atoms with van der Waals surface area (Å²) < 4.78 is 30.7. The van der Waals surface area contributed by atoms with Crippen LogP contribution in [-0.4, -0.2) is 45.0 Å². The molecular weight excluding hydrogens is 246 g/mol. The summed E-state index contributed by atoms with van der Waals surface area (Å²) in [6, 6.07) is -0.590. The number of oxime groups is 1. The van der Waals surface area contributed by atoms with Gasteiger partial charge in [-0.05, 0) is 25.2 Å². The Hall–Kier alpha value is -0.860. The van der Waals surface area contributed by atoms with E-state index in [9.17, 15) is 8.42 Å². The summed E-state index contributed by atoms with van der Waals surface area (Å²) in [5, 5.41) is 11.5. The molecule has 0 aromatic carbocycles. The standard InChI is InChI=1S/C9H19N3O4S/c1-16-5-2-6-17(14,15)12-8(7-3-4-7)9(10)11-13/h7-8,12-13H,2-6H2,1H3,(H2,10,11). The van der Waals surface area contributed by atoms with Crippen LogP contribution in [0.4, 0.5) is 0 Å². The highest BCUT2D eigenvalue weighted by Crippen LogP contribution is 2.33. The molecule has 1 rings (SSSR count). The van der Waals surface area contributed by atoms with Gasteiger partial charge in [0.2, 0.25) is 10.0 Å². The van der Waals surface area contributed by atoms with Gasteiger partial charge < -0.3 is 15.7 Å². The van der Waals surface area contributed by atoms with Crippen LogP contribution >= 0.6 is 0 Å². The van der Waals surface area contributed by atoms with Crippen molar-refractivity contribution in [3.05, 3.63) is 0 Å². The van der Waals surface area contributed by atoms with Crippen molar-refractivity contribution in [2.24, 2.45) is 16.8 Å². The first-order valence-electron chi connectivity index (χ1n) is 5.46. The number of methoxy groups -OCH3 is 1. The van der Waals surface area contributed by atoms with E-state index in [0.29, 0.717) is 13.0 Å². The second-order valence-electron chi connectivity index (χ2n) is 4.12. The molecule has 0 aromatic heterocycles. The van der Waals surface area contributed by atoms with Crippen molar-refractivity contribution < 1.29 is 18.4 Å². The summed E-state index contributed by atoms with van der Waals surface area (Å²) in [6.45, 7) is 0.387. The molecule has 1 saturated carbocycles. The van der Waals surface area contributed by atoms with Crippen molar-refractivity contribution in [3.63, 3.8) is 0 Å². The Morgan fingerprint density at radius 1 is 1.65 bits per heavy atom. The lowest BCUT2D eigenvalue weighted by atomic mass is 10.2. The minimum atomic E-state index is -3.42. The van der Waals surface area contributed by atoms with E-state index in [-0.39, 0.29) is 17.5 Å². The summed E-state index contributed by atoms with van der Waals surface area (Å²) in [4.78, 5) is 0. The summed E-state index contributed by atoms with van der Waals surface area (Å²) in [5.41, 5.74) is 5.47. The van der Waals surface area contributed by atoms with Crippen LogP contribution in [0.5, 0.6) is 0 Å². The molecule has 0 radical (unpaired) electrons. The lowest BCUT2D eigenvalue weighted by molar-refractivity contribution is 0.199. The first kappa shape index (κ1) is 14.2. The van der Waals surface area contributed by atoms with Crippen LogP contribution in [-0.2, 0) is 14.8 Å². The number of nitrogens with zero attached hydrogens (tertiary/aromatic N) is 1. The largest absolute Gasteiger partial charge is 0.409 e. The maximum absolute atomic E-state index is 11.7. The smallest absolute Gasteiger partial charge is 0.212 e. The van der Waals surface area contributed by atoms with E-state index in [2.05, 4.69) is 9.88 Å². The molecule has 7 nitrogen and oxygen atoms in total. The number of sulfonamides is 1. The Labute approximate surface area is 101 Å². The lowest BCUT2D eigenvalue weighted by Gasteiger charge is -2.16. The highest BCUT2D eigenvalue weighted by atomic mass is 32.2. The van der Waals surface area contributed by atoms with Crippen molar-refractivity contribution in [2.45, 2.75) is 25.3 Å². The van der Waals surface area contributed by atoms with E-state index < -0.39 is 16.1 Å². The number of amidine groups is 1. The van der Waals surface area contributed by atoms with Crippen LogP contribution in [0.1, 0.15) is 19.3 Å². The van der Waals surface area contributed by atoms with Crippen LogP contribution in [0, 0.1) is 5.92 Å². The molecule has 1 fully saturated rings. The molecule has 8 heteroatoms. The van der Waals surface area contributed by atoms with Crippen LogP contribution in [0.3, 0.4) is 0 Å². The zero-order chi connectivity index (χ0) is 12.9. The predicted octanol–water partition coefficient (Wildman–Crippen LogP) is -0.533. The highest BCUT2D eigenvalue weighted by Gasteiger charge is 2.36. The van der Waals surface area contributed by atoms with Gasteiger partial charge in [0.25, 0.3) is 0 Å². The molecule has 1 aliphatic carbocycles. The van der Waals surface area contributed by atoms with Gasteiger partial charge in [0.15, 0.2) is 5.84 Å². The van der Waals surface area contributed by atoms with E-state index in [0.717, 1.165) is 12.8 Å². The topological polar surface area (TPSA) is 114 Å². The van der Waals surface area contributed by atoms with Gasteiger partial charge in [-0.25, -0.2) is 13.1 Å². The molecule has 1 aliphatic rings. The number of nitrogens with two attached hydrogens (primary N) is 1. The second kappa shape index (κ2) is 6.18. The average molecular weight is 265 g/mol. The fourth-order valence-electron chi connectivity index (χ4n) is 1.54. The molecule has 0 aliphatic heterocycles. The fourth-order valence-corrected chi connectivity index (χ4v) is 2.85. The maximum Gasteiger partial charge on any atom is 0.212 e. The summed E-state index contributed by atoms with van der Waals surface area (Å²) in [5.74, 6) is 0.0360. The van der Waals surface area contributed by atoms with Gasteiger partial charge in [-0.15, -0.1) is 0 Å². The van der Waals surface area contributed by atoms with E-state index in [1.807, 2.05) is 0 Å². The Kier molecular flexibility index (Phi) is 5.16. The number of hydrogen-bond acceptors (Lipinski definition) is 5. The number of rotatable bonds is 8. The molecule has 0 saturated heterocycles. The third kappa shape index (κ3) is 4.88. The monoisotopic (exact) mass is 265 g/mol. The second-order valence-corrected chi connectivity index (χ2v) is 6.00. The van der Waals surface area contributed by atoms with Gasteiger partial charge in [0, 0.05) is 13.7 Å². The molecule has 17 heavy (non-hydrogen) atoms. The van der Waals surface area contributed by atoms with Gasteiger partial charge in [0.1, 0.15) is 0 Å². The van der Waals surface area contributed by atoms with Crippen LogP contribution < -0.4 is 10.5 Å². The first-order valence-corrected chi connectivity index (χ1v) is 7.11. The summed E-state index contributed by atoms with van der Waals surface area (Å²) in [6.07, 6.45) is 2.20. The molecule has 1 atom stereocenters. The first-order chi connectivity index (χ1) is 8.00. The molecule has 0 aromatic rings. The van der Waals surface area contributed by atoms with Gasteiger partial charge in [-0.1, -0.05) is 5.16 Å². The van der Waals surface area contributed by atoms with Crippen LogP contribution in [0.2, 0.25) is 0 Å². The quantitative estimate of drug-likeness (QED) is 0.179. The molecule has 4 N–H and O–H groups in total. The minimum absolute atomic E-state index is 0.0250. The van der Waals surface area contributed by atoms with Crippen molar-refractivity contribution >= 4 is 15.9 Å². The molecule has 0 spiro atoms. The zero-order valence-corrected chi connectivity index (χ0v) is 10.6. The van der Waals surface area contributed by atoms with Crippen molar-refractivity contribution in [2.75, 3.05) is 19.5 Å². The van der Waals surface area contributed by atoms with E-state index in [4.69, 9.17) is 15.7 Å². The summed E-state index contributed by atoms with van der Waals surface area (Å²) in [7, 11) is -1.90. The number of ether oxygens (including phenoxy) is 1. The third-order valence-electron chi connectivity index (χ3n) is 2.60. The van der Waals surface area contributed by atoms with E-state index in [1.165, 1.54) is 7.11 Å². The van der Waals surface area contributed by atoms with Crippen molar-refractivity contribution in [1.29, 1.82) is 0 Å². The van der Waals surface area contributed by atoms with Gasteiger partial charge in [-0.3, -0.25) is 0 Å². The Balaban J connectivity index is 2.54. The van der Waals surface area contributed by atoms with E-state index >= 15 is 0 Å². The summed E-state index contributed by atoms with van der Waals surface area (Å²) >= 11 is 0. The van der Waals surface area contributed by atoms with Crippen LogP contribution in [0.25, 0.3) is 0 Å². The normalized spacial score (nSPS) is 19.2. The van der Waals surface area contributed by atoms with Gasteiger partial charge in [-0.2, -0.15) is 0 Å². The minimum Gasteiger partial charge on any atom is -0.409 e. The Morgan fingerprint density at radius 2 is 2.29 bits per heavy atom. The molecule has 0 bridgehead atoms. The highest BCUT2D eigenvalue weighted by molar-refractivity contribution is 7.89. The Bertz CT molecular complexity index is 364. The van der Waals surface area contributed by atoms with Crippen molar-refractivity contribution in [1.82, 2.24) is 4.72 Å². The Morgan fingerprint density at radius 3 is 2.76 bits per heavy atom. The van der Waals surface area contributed by atoms with Gasteiger partial charge >= 0.3 is 0 Å². The molecular formula is C9H19N3O4S. The number of hydrogen-bond donors (Lipinski definition) is 3. The average Bonchev–Trinajstić information content (AvgIpc) is 3.09. The van der Waals surface area contributed by atoms with Gasteiger partial charge in [0.05, 0.1) is 11.8 Å². The van der Waals surface area contributed by atoms with Crippen molar-refractivity contribution in [3.8, 4) is 0 Å². The molecule has 1 unspecified atom stereocenters. The number of nitrogens with one attached hydrogen (secondary N) is 1. The fraction of sp³-hybridized carbons (Fsp3) is 0.889. The SMILES string of the molecule is COCCCS(=O)(=O)NC(C(N)=NO)C1CC1. The molecule has 100 valence electrons. The lowest BCUT2D eigenvalue weighted by Crippen LogP contribution is -2.46. The maximum atomic E-state index is 11.7. The predicted molar refractivity (Wildman–Crippen MR) is 63.3 cm³/mol. The molecule has 0 amide bonds. The zero-order valence-electron chi connectivity index (χ0n) is 9.80. The van der Waals surface area contributed by atoms with Crippen LogP contribution in [0.15, 0.2) is 5.16 Å².